The topological polar surface area (TPSA) is 284 Å². The average Bonchev–Trinajstić information content (AvgIpc) is 1.67. The van der Waals surface area contributed by atoms with Gasteiger partial charge >= 0.3 is 18.2 Å². The molecule has 5 aromatic heterocycles. The maximum absolute atomic E-state index is 13.3. The molecular formula is C74H90N12O9. The fourth-order valence-electron chi connectivity index (χ4n) is 12.8. The van der Waals surface area contributed by atoms with E-state index in [1.807, 2.05) is 107 Å². The molecule has 6 fully saturated rings. The van der Waals surface area contributed by atoms with Crippen molar-refractivity contribution in [3.63, 3.8) is 0 Å². The Balaban J connectivity index is 0.000000146. The van der Waals surface area contributed by atoms with Crippen molar-refractivity contribution in [2.75, 3.05) is 19.6 Å². The van der Waals surface area contributed by atoms with Gasteiger partial charge in [0, 0.05) is 84.9 Å². The highest BCUT2D eigenvalue weighted by Gasteiger charge is 2.54. The number of ether oxygens (including phenoxy) is 2. The summed E-state index contributed by atoms with van der Waals surface area (Å²) < 4.78 is 22.5. The van der Waals surface area contributed by atoms with Crippen LogP contribution in [0.2, 0.25) is 0 Å². The first-order valence-corrected chi connectivity index (χ1v) is 32.8. The van der Waals surface area contributed by atoms with Crippen molar-refractivity contribution in [3.05, 3.63) is 198 Å². The number of oxime groups is 1. The SMILES string of the molecule is C.CC(C)(C)OC(=O)N(CC1(C(N)=NO)CCC1)[C@H]1CC1c1ccccc1.CC(C)(C)OC(=O)N(CC1(c2noc(-c3ccccn3)n2)CCC1)[C@H]1CC1c1ccccc1.O=C(O)c1ccccn1.c1ccc(C2C[C@@H]2NCC2(c3noc(-c4ccccn4)n3)CCC2)cc1. The van der Waals surface area contributed by atoms with E-state index in [1.165, 1.54) is 41.8 Å². The highest BCUT2D eigenvalue weighted by Crippen LogP contribution is 2.52. The maximum atomic E-state index is 13.3. The fourth-order valence-corrected chi connectivity index (χ4v) is 12.8. The van der Waals surface area contributed by atoms with Crippen LogP contribution in [-0.4, -0.2) is 128 Å². The van der Waals surface area contributed by atoms with Crippen LogP contribution in [0, 0.1) is 5.41 Å². The summed E-state index contributed by atoms with van der Waals surface area (Å²) in [5, 5.41) is 33.1. The lowest BCUT2D eigenvalue weighted by Crippen LogP contribution is -2.53. The number of aromatic nitrogens is 7. The molecule has 0 bridgehead atoms. The number of nitrogens with zero attached hydrogens (tertiary/aromatic N) is 10. The molecule has 5 heterocycles. The Morgan fingerprint density at radius 3 is 1.36 bits per heavy atom. The molecule has 3 unspecified atom stereocenters. The zero-order valence-corrected chi connectivity index (χ0v) is 54.5. The van der Waals surface area contributed by atoms with Crippen molar-refractivity contribution in [1.29, 1.82) is 0 Å². The van der Waals surface area contributed by atoms with Gasteiger partial charge < -0.3 is 49.7 Å². The molecule has 6 aliphatic rings. The third-order valence-electron chi connectivity index (χ3n) is 18.7. The van der Waals surface area contributed by atoms with Crippen molar-refractivity contribution >= 4 is 24.0 Å². The molecule has 6 saturated carbocycles. The minimum Gasteiger partial charge on any atom is -0.477 e. The largest absolute Gasteiger partial charge is 0.477 e. The van der Waals surface area contributed by atoms with Crippen molar-refractivity contribution in [1.82, 2.24) is 50.3 Å². The number of hydrogen-bond donors (Lipinski definition) is 4. The first kappa shape index (κ1) is 68.5. The fraction of sp³-hybridized carbons (Fsp3) is 0.446. The van der Waals surface area contributed by atoms with Crippen LogP contribution in [0.25, 0.3) is 23.2 Å². The Kier molecular flexibility index (Phi) is 21.3. The molecule has 0 saturated heterocycles. The van der Waals surface area contributed by atoms with Crippen LogP contribution in [0.4, 0.5) is 9.59 Å². The van der Waals surface area contributed by atoms with Gasteiger partial charge in [-0.15, -0.1) is 0 Å². The van der Waals surface area contributed by atoms with Crippen molar-refractivity contribution in [2.24, 2.45) is 16.3 Å². The molecule has 500 valence electrons. The summed E-state index contributed by atoms with van der Waals surface area (Å²) in [7, 11) is 0. The van der Waals surface area contributed by atoms with Crippen LogP contribution >= 0.6 is 0 Å². The molecule has 3 aromatic carbocycles. The lowest BCUT2D eigenvalue weighted by Gasteiger charge is -2.44. The van der Waals surface area contributed by atoms with E-state index in [1.54, 1.807) is 29.4 Å². The second kappa shape index (κ2) is 29.5. The van der Waals surface area contributed by atoms with Crippen molar-refractivity contribution in [2.45, 2.75) is 184 Å². The number of rotatable bonds is 18. The Morgan fingerprint density at radius 1 is 0.568 bits per heavy atom. The van der Waals surface area contributed by atoms with Gasteiger partial charge in [0.25, 0.3) is 11.8 Å². The normalized spacial score (nSPS) is 21.3. The first-order valence-electron chi connectivity index (χ1n) is 32.8. The molecule has 8 aromatic rings. The second-order valence-corrected chi connectivity index (χ2v) is 27.8. The third-order valence-corrected chi connectivity index (χ3v) is 18.7. The number of carboxylic acids is 1. The van der Waals surface area contributed by atoms with E-state index in [4.69, 9.17) is 34.3 Å². The zero-order valence-electron chi connectivity index (χ0n) is 54.5. The molecular weight excluding hydrogens is 1200 g/mol. The van der Waals surface area contributed by atoms with Crippen molar-refractivity contribution < 1.29 is 43.2 Å². The first-order chi connectivity index (χ1) is 45.2. The predicted octanol–water partition coefficient (Wildman–Crippen LogP) is 14.2. The number of nitrogens with two attached hydrogens (primary N) is 1. The molecule has 21 nitrogen and oxygen atoms in total. The lowest BCUT2D eigenvalue weighted by atomic mass is 9.67. The Hall–Kier alpha value is -9.37. The smallest absolute Gasteiger partial charge is 0.410 e. The Labute approximate surface area is 556 Å². The molecule has 14 rings (SSSR count). The van der Waals surface area contributed by atoms with Gasteiger partial charge in [0.05, 0.1) is 5.41 Å². The van der Waals surface area contributed by atoms with Crippen LogP contribution < -0.4 is 11.1 Å². The van der Waals surface area contributed by atoms with E-state index in [2.05, 4.69) is 107 Å². The van der Waals surface area contributed by atoms with Gasteiger partial charge in [-0.3, -0.25) is 9.97 Å². The van der Waals surface area contributed by atoms with E-state index in [-0.39, 0.29) is 54.1 Å². The minimum atomic E-state index is -0.990. The summed E-state index contributed by atoms with van der Waals surface area (Å²) in [6.07, 6.45) is 16.4. The van der Waals surface area contributed by atoms with Crippen LogP contribution in [0.15, 0.2) is 178 Å². The van der Waals surface area contributed by atoms with E-state index in [9.17, 15) is 19.6 Å². The third kappa shape index (κ3) is 17.0. The van der Waals surface area contributed by atoms with Gasteiger partial charge in [-0.1, -0.05) is 151 Å². The van der Waals surface area contributed by atoms with Gasteiger partial charge in [-0.25, -0.2) is 19.4 Å². The molecule has 21 heteroatoms. The highest BCUT2D eigenvalue weighted by atomic mass is 16.6. The number of amidine groups is 1. The molecule has 0 radical (unpaired) electrons. The summed E-state index contributed by atoms with van der Waals surface area (Å²) in [5.74, 6) is 2.91. The monoisotopic (exact) mass is 1290 g/mol. The number of nitrogens with one attached hydrogen (secondary N) is 1. The number of carbonyl (C=O) groups excluding carboxylic acids is 2. The molecule has 6 aliphatic carbocycles. The number of amides is 2. The van der Waals surface area contributed by atoms with E-state index < -0.39 is 22.6 Å². The lowest BCUT2D eigenvalue weighted by molar-refractivity contribution is 0.0110. The Morgan fingerprint density at radius 2 is 0.989 bits per heavy atom. The molecule has 6 atom stereocenters. The molecule has 95 heavy (non-hydrogen) atoms. The van der Waals surface area contributed by atoms with E-state index in [0.717, 1.165) is 82.3 Å². The summed E-state index contributed by atoms with van der Waals surface area (Å²) >= 11 is 0. The summed E-state index contributed by atoms with van der Waals surface area (Å²) in [5.41, 5.74) is 9.52. The number of benzene rings is 3. The quantitative estimate of drug-likeness (QED) is 0.0269. The average molecular weight is 1290 g/mol. The van der Waals surface area contributed by atoms with Crippen LogP contribution in [0.1, 0.15) is 183 Å². The molecule has 5 N–H and O–H groups in total. The standard InChI is InChI=1S/C26H30N4O3.C21H22N4O.C20H29N3O3.C6H5NO2.CH4/c1-25(2,3)32-24(31)30(21-16-19(21)18-10-5-4-6-11-18)17-26(13-9-14-26)23-28-22(33-29-23)20-12-7-8-15-27-20;1-2-7-15(8-3-1)16-13-18(16)23-14-21(10-6-11-21)20-24-19(26-25-20)17-9-4-5-12-22-17;1-19(2,3)26-18(24)23(13-20(10-7-11-20)17(21)22-25)16-12-15(16)14-8-5-4-6-9-14;8-6(9)5-3-1-2-4-7-5;/h4-8,10-12,15,19,21H,9,13-14,16-17H2,1-3H3;1-5,7-9,12,16,18,23H,6,10-11,13-14H2;4-6,8-9,15-16,25H,7,10-13H2,1-3H3,(H2,21,22);1-4H,(H,8,9);1H4/t19?,21-;16?,18-;15?,16-;;/m000../s1. The highest BCUT2D eigenvalue weighted by molar-refractivity contribution is 5.88. The van der Waals surface area contributed by atoms with E-state index in [0.29, 0.717) is 60.2 Å². The van der Waals surface area contributed by atoms with Gasteiger partial charge in [0.2, 0.25) is 0 Å². The van der Waals surface area contributed by atoms with Crippen LogP contribution in [-0.2, 0) is 20.3 Å². The molecule has 0 spiro atoms. The van der Waals surface area contributed by atoms with Crippen LogP contribution in [0.3, 0.4) is 0 Å². The van der Waals surface area contributed by atoms with Gasteiger partial charge in [0.15, 0.2) is 11.6 Å². The van der Waals surface area contributed by atoms with Gasteiger partial charge in [-0.2, -0.15) is 9.97 Å². The Bertz CT molecular complexity index is 3800. The zero-order chi connectivity index (χ0) is 66.1. The number of carboxylic acid groups (broad SMARTS) is 1. The molecule has 0 aliphatic heterocycles. The van der Waals surface area contributed by atoms with Crippen molar-refractivity contribution in [3.8, 4) is 23.2 Å². The summed E-state index contributed by atoms with van der Waals surface area (Å²) in [6, 6.07) is 48.2. The predicted molar refractivity (Wildman–Crippen MR) is 360 cm³/mol. The van der Waals surface area contributed by atoms with Gasteiger partial charge in [-0.05, 0) is 152 Å². The van der Waals surface area contributed by atoms with Gasteiger partial charge in [0.1, 0.15) is 34.1 Å². The van der Waals surface area contributed by atoms with Crippen LogP contribution in [0.5, 0.6) is 0 Å². The summed E-state index contributed by atoms with van der Waals surface area (Å²) in [4.78, 5) is 61.7. The number of pyridine rings is 3. The van der Waals surface area contributed by atoms with E-state index >= 15 is 0 Å². The number of carbonyl (C=O) groups is 3. The maximum Gasteiger partial charge on any atom is 0.410 e. The number of aromatic carboxylic acids is 1. The second-order valence-electron chi connectivity index (χ2n) is 27.8. The number of hydrogen-bond acceptors (Lipinski definition) is 17. The molecule has 2 amide bonds. The minimum absolute atomic E-state index is 0. The summed E-state index contributed by atoms with van der Waals surface area (Å²) in [6.45, 7) is 13.2.